The Morgan fingerprint density at radius 3 is 1.06 bits per heavy atom. The fourth-order valence-electron chi connectivity index (χ4n) is 14.7. The second-order valence-electron chi connectivity index (χ2n) is 32.1. The topological polar surface area (TPSA) is 380 Å². The molecular formula is C87H159O25P. The first-order chi connectivity index (χ1) is 54.7. The first-order valence-electron chi connectivity index (χ1n) is 45.1. The molecule has 0 amide bonds. The molecule has 18 unspecified atom stereocenters. The van der Waals surface area contributed by atoms with Crippen molar-refractivity contribution in [3.8, 4) is 0 Å². The molecule has 3 rings (SSSR count). The molecule has 2 saturated heterocycles. The molecule has 2 heterocycles. The molecule has 1 saturated carbocycles. The number of aliphatic hydroxyl groups is 9. The van der Waals surface area contributed by atoms with Crippen molar-refractivity contribution < 1.29 is 122 Å². The van der Waals surface area contributed by atoms with E-state index in [0.29, 0.717) is 32.1 Å². The summed E-state index contributed by atoms with van der Waals surface area (Å²) in [6, 6.07) is 0. The summed E-state index contributed by atoms with van der Waals surface area (Å²) >= 11 is 0. The number of hydrogen-bond donors (Lipinski definition) is 10. The first kappa shape index (κ1) is 104. The highest BCUT2D eigenvalue weighted by molar-refractivity contribution is 7.47. The van der Waals surface area contributed by atoms with Gasteiger partial charge in [-0.15, -0.1) is 0 Å². The summed E-state index contributed by atoms with van der Waals surface area (Å²) in [5, 5.41) is 102. The molecule has 25 nitrogen and oxygen atoms in total. The number of rotatable bonds is 72. The van der Waals surface area contributed by atoms with Gasteiger partial charge >= 0.3 is 31.7 Å². The minimum absolute atomic E-state index is 0.0143. The Morgan fingerprint density at radius 1 is 0.345 bits per heavy atom. The van der Waals surface area contributed by atoms with Crippen LogP contribution >= 0.6 is 7.82 Å². The van der Waals surface area contributed by atoms with Crippen LogP contribution in [0.1, 0.15) is 374 Å². The maximum atomic E-state index is 14.9. The van der Waals surface area contributed by atoms with Crippen LogP contribution < -0.4 is 0 Å². The minimum Gasteiger partial charge on any atom is -0.463 e. The maximum Gasteiger partial charge on any atom is 0.472 e. The Hall–Kier alpha value is -3.05. The van der Waals surface area contributed by atoms with Crippen LogP contribution in [0, 0.1) is 0 Å². The van der Waals surface area contributed by atoms with E-state index in [4.69, 9.17) is 46.9 Å². The highest BCUT2D eigenvalue weighted by Gasteiger charge is 2.60. The smallest absolute Gasteiger partial charge is 0.463 e. The van der Waals surface area contributed by atoms with Gasteiger partial charge in [-0.25, -0.2) is 4.57 Å². The van der Waals surface area contributed by atoms with Gasteiger partial charge in [-0.3, -0.25) is 28.2 Å². The van der Waals surface area contributed by atoms with Crippen molar-refractivity contribution in [2.75, 3.05) is 26.4 Å². The minimum atomic E-state index is -5.81. The summed E-state index contributed by atoms with van der Waals surface area (Å²) in [5.74, 6) is -3.00. The average molecular weight is 1640 g/mol. The normalized spacial score (nSPS) is 25.6. The molecule has 3 aliphatic rings. The first-order valence-corrected chi connectivity index (χ1v) is 46.6. The Morgan fingerprint density at radius 2 is 0.664 bits per heavy atom. The van der Waals surface area contributed by atoms with Crippen LogP contribution in [0.3, 0.4) is 0 Å². The quantitative estimate of drug-likeness (QED) is 0.00889. The van der Waals surface area contributed by atoms with Crippen molar-refractivity contribution in [3.63, 3.8) is 0 Å². The maximum absolute atomic E-state index is 14.9. The highest BCUT2D eigenvalue weighted by atomic mass is 31.2. The molecule has 662 valence electrons. The number of allylic oxidation sites excluding steroid dienone is 4. The molecule has 113 heavy (non-hydrogen) atoms. The van der Waals surface area contributed by atoms with Gasteiger partial charge < -0.3 is 88.7 Å². The lowest BCUT2D eigenvalue weighted by atomic mass is 9.84. The lowest BCUT2D eigenvalue weighted by Gasteiger charge is -2.50. The lowest BCUT2D eigenvalue weighted by molar-refractivity contribution is -0.360. The van der Waals surface area contributed by atoms with Crippen LogP contribution in [-0.2, 0) is 70.7 Å². The van der Waals surface area contributed by atoms with E-state index in [1.807, 2.05) is 0 Å². The fourth-order valence-corrected chi connectivity index (χ4v) is 15.7. The SMILES string of the molecule is CCCCCCCC/C=C\CCCCCC(=O)OCC(COP(=O)(O)OC1C(OC2OC(CO)C(O)C(O)C2O)C(O)C(O)C(OC(=O)CCCCC/C=C\CCCCCCCC)C1OC1OC(COC(=O)CCCCCCCCCCCCCCC)C(O)C(O)C1O)OC(=O)CCCCCCCCCCCCCCCCC. The number of unbranched alkanes of at least 4 members (excludes halogenated alkanes) is 44. The van der Waals surface area contributed by atoms with Gasteiger partial charge in [0.15, 0.2) is 24.8 Å². The van der Waals surface area contributed by atoms with Gasteiger partial charge in [0.2, 0.25) is 0 Å². The van der Waals surface area contributed by atoms with Crippen molar-refractivity contribution in [3.05, 3.63) is 24.3 Å². The van der Waals surface area contributed by atoms with E-state index in [1.54, 1.807) is 0 Å². The molecule has 0 aromatic carbocycles. The number of aliphatic hydroxyl groups excluding tert-OH is 9. The molecule has 0 radical (unpaired) electrons. The molecule has 0 bridgehead atoms. The summed E-state index contributed by atoms with van der Waals surface area (Å²) in [6.07, 6.45) is 24.9. The van der Waals surface area contributed by atoms with Crippen molar-refractivity contribution in [2.24, 2.45) is 0 Å². The van der Waals surface area contributed by atoms with Crippen LogP contribution in [0.15, 0.2) is 24.3 Å². The van der Waals surface area contributed by atoms with Gasteiger partial charge in [-0.05, 0) is 77.0 Å². The molecular weight excluding hydrogens is 1480 g/mol. The van der Waals surface area contributed by atoms with Crippen LogP contribution in [0.25, 0.3) is 0 Å². The molecule has 10 N–H and O–H groups in total. The third-order valence-electron chi connectivity index (χ3n) is 21.9. The van der Waals surface area contributed by atoms with E-state index < -0.39 is 162 Å². The molecule has 1 aliphatic carbocycles. The number of carbonyl (C=O) groups is 4. The van der Waals surface area contributed by atoms with E-state index in [2.05, 4.69) is 52.0 Å². The van der Waals surface area contributed by atoms with E-state index in [1.165, 1.54) is 161 Å². The molecule has 0 spiro atoms. The Labute approximate surface area is 679 Å². The predicted molar refractivity (Wildman–Crippen MR) is 435 cm³/mol. The summed E-state index contributed by atoms with van der Waals surface area (Å²) in [6.45, 7) is 5.54. The second-order valence-corrected chi connectivity index (χ2v) is 33.5. The van der Waals surface area contributed by atoms with Gasteiger partial charge in [0.05, 0.1) is 13.2 Å². The number of phosphoric acid groups is 1. The van der Waals surface area contributed by atoms with Gasteiger partial charge in [0.1, 0.15) is 92.6 Å². The summed E-state index contributed by atoms with van der Waals surface area (Å²) in [5.41, 5.74) is 0. The molecule has 3 fully saturated rings. The Kier molecular flexibility index (Phi) is 61.5. The van der Waals surface area contributed by atoms with Crippen molar-refractivity contribution in [1.29, 1.82) is 0 Å². The van der Waals surface area contributed by atoms with Gasteiger partial charge in [-0.1, -0.05) is 296 Å². The van der Waals surface area contributed by atoms with E-state index in [-0.39, 0.29) is 32.1 Å². The molecule has 26 heteroatoms. The molecule has 0 aromatic heterocycles. The predicted octanol–water partition coefficient (Wildman–Crippen LogP) is 15.8. The summed E-state index contributed by atoms with van der Waals surface area (Å²) in [4.78, 5) is 66.2. The Balaban J connectivity index is 1.94. The van der Waals surface area contributed by atoms with Crippen LogP contribution in [-0.4, -0.2) is 205 Å². The average Bonchev–Trinajstić information content (AvgIpc) is 0.758. The molecule has 18 atom stereocenters. The summed E-state index contributed by atoms with van der Waals surface area (Å²) in [7, 11) is -5.81. The van der Waals surface area contributed by atoms with Crippen LogP contribution in [0.5, 0.6) is 0 Å². The second kappa shape index (κ2) is 66.7. The number of phosphoric ester groups is 1. The van der Waals surface area contributed by atoms with Crippen molar-refractivity contribution in [1.82, 2.24) is 0 Å². The largest absolute Gasteiger partial charge is 0.472 e. The standard InChI is InChI=1S/C87H159O25P/c1-5-9-13-17-21-25-29-33-34-38-42-45-49-53-57-61-72(91)106-67(64-103-70(89)59-55-51-47-43-39-35-30-26-22-18-14-10-6-2)65-105-113(101,102)112-85-83(110-86-80(99)76(95)74(93)68(63-88)107-86)79(98)78(97)82(109-73(92)62-58-54-50-46-41-37-32-28-24-20-16-12-8-4)84(85)111-87-81(100)77(96)75(94)69(108-87)66-104-71(90)60-56-52-48-44-40-36-31-27-23-19-15-11-7-3/h35,37,39,41,67-69,74-88,93-100H,5-34,36,38,40,42-66H2,1-4H3,(H,101,102)/b39-35-,41-37-. The van der Waals surface area contributed by atoms with Crippen LogP contribution in [0.2, 0.25) is 0 Å². The van der Waals surface area contributed by atoms with Gasteiger partial charge in [-0.2, -0.15) is 0 Å². The molecule has 2 aliphatic heterocycles. The van der Waals surface area contributed by atoms with Gasteiger partial charge in [0.25, 0.3) is 0 Å². The zero-order chi connectivity index (χ0) is 82.5. The van der Waals surface area contributed by atoms with E-state index in [0.717, 1.165) is 122 Å². The Bertz CT molecular complexity index is 2460. The fraction of sp³-hybridized carbons (Fsp3) is 0.908. The highest BCUT2D eigenvalue weighted by Crippen LogP contribution is 2.49. The van der Waals surface area contributed by atoms with Crippen LogP contribution in [0.4, 0.5) is 0 Å². The number of carbonyl (C=O) groups excluding carboxylic acids is 4. The van der Waals surface area contributed by atoms with E-state index >= 15 is 0 Å². The lowest BCUT2D eigenvalue weighted by Crippen LogP contribution is -2.70. The van der Waals surface area contributed by atoms with Crippen molar-refractivity contribution in [2.45, 2.75) is 479 Å². The number of ether oxygens (including phenoxy) is 8. The van der Waals surface area contributed by atoms with Gasteiger partial charge in [0, 0.05) is 25.7 Å². The zero-order valence-electron chi connectivity index (χ0n) is 70.2. The third kappa shape index (κ3) is 47.5. The monoisotopic (exact) mass is 1640 g/mol. The number of hydrogen-bond acceptors (Lipinski definition) is 24. The third-order valence-corrected chi connectivity index (χ3v) is 22.9. The van der Waals surface area contributed by atoms with Crippen molar-refractivity contribution >= 4 is 31.7 Å². The summed E-state index contributed by atoms with van der Waals surface area (Å²) < 4.78 is 73.2. The number of esters is 4. The van der Waals surface area contributed by atoms with E-state index in [9.17, 15) is 74.6 Å². The zero-order valence-corrected chi connectivity index (χ0v) is 71.1. The molecule has 0 aromatic rings.